The molecule has 0 radical (unpaired) electrons. The number of aliphatic hydroxyl groups excluding tert-OH is 1. The van der Waals surface area contributed by atoms with E-state index in [0.717, 1.165) is 25.1 Å². The van der Waals surface area contributed by atoms with E-state index in [-0.39, 0.29) is 6.61 Å². The van der Waals surface area contributed by atoms with Crippen molar-refractivity contribution in [3.8, 4) is 6.07 Å². The molecule has 84 valence electrons. The summed E-state index contributed by atoms with van der Waals surface area (Å²) < 4.78 is 0. The van der Waals surface area contributed by atoms with Crippen LogP contribution in [0.3, 0.4) is 0 Å². The minimum Gasteiger partial charge on any atom is -0.396 e. The second kappa shape index (κ2) is 7.63. The number of aliphatic hydroxyl groups is 1. The first-order chi connectivity index (χ1) is 7.86. The minimum absolute atomic E-state index is 0.229. The topological polar surface area (TPSA) is 56.0 Å². The number of benzene rings is 1. The molecule has 1 aromatic carbocycles. The Bertz CT molecular complexity index is 363. The van der Waals surface area contributed by atoms with Gasteiger partial charge in [0.05, 0.1) is 11.6 Å². The van der Waals surface area contributed by atoms with Gasteiger partial charge >= 0.3 is 0 Å². The van der Waals surface area contributed by atoms with Crippen molar-refractivity contribution in [3.63, 3.8) is 0 Å². The van der Waals surface area contributed by atoms with Crippen molar-refractivity contribution in [1.29, 1.82) is 5.26 Å². The van der Waals surface area contributed by atoms with Gasteiger partial charge in [-0.25, -0.2) is 0 Å². The second-order valence-corrected chi connectivity index (χ2v) is 3.42. The molecule has 16 heavy (non-hydrogen) atoms. The molecule has 2 N–H and O–H groups in total. The van der Waals surface area contributed by atoms with Crippen molar-refractivity contribution >= 4 is 6.08 Å². The predicted molar refractivity (Wildman–Crippen MR) is 64.8 cm³/mol. The molecule has 0 spiro atoms. The van der Waals surface area contributed by atoms with E-state index < -0.39 is 0 Å². The first-order valence-electron chi connectivity index (χ1n) is 5.35. The van der Waals surface area contributed by atoms with Gasteiger partial charge in [0.1, 0.15) is 0 Å². The van der Waals surface area contributed by atoms with Crippen LogP contribution in [-0.4, -0.2) is 24.8 Å². The summed E-state index contributed by atoms with van der Waals surface area (Å²) in [7, 11) is 0. The highest BCUT2D eigenvalue weighted by Crippen LogP contribution is 2.04. The van der Waals surface area contributed by atoms with Crippen molar-refractivity contribution in [2.24, 2.45) is 0 Å². The average molecular weight is 216 g/mol. The molecule has 3 nitrogen and oxygen atoms in total. The highest BCUT2D eigenvalue weighted by molar-refractivity contribution is 5.50. The highest BCUT2D eigenvalue weighted by atomic mass is 16.3. The zero-order valence-corrected chi connectivity index (χ0v) is 9.19. The van der Waals surface area contributed by atoms with Crippen LogP contribution in [0.25, 0.3) is 6.08 Å². The fourth-order valence-corrected chi connectivity index (χ4v) is 1.25. The molecular formula is C13H16N2O. The van der Waals surface area contributed by atoms with Crippen molar-refractivity contribution in [2.75, 3.05) is 19.7 Å². The van der Waals surface area contributed by atoms with E-state index in [1.807, 2.05) is 24.3 Å². The van der Waals surface area contributed by atoms with E-state index in [0.29, 0.717) is 5.56 Å². The second-order valence-electron chi connectivity index (χ2n) is 3.42. The van der Waals surface area contributed by atoms with Gasteiger partial charge in [0.2, 0.25) is 0 Å². The van der Waals surface area contributed by atoms with Crippen LogP contribution < -0.4 is 5.32 Å². The Morgan fingerprint density at radius 3 is 2.69 bits per heavy atom. The lowest BCUT2D eigenvalue weighted by molar-refractivity contribution is 0.287. The summed E-state index contributed by atoms with van der Waals surface area (Å²) >= 11 is 0. The Morgan fingerprint density at radius 1 is 1.31 bits per heavy atom. The summed E-state index contributed by atoms with van der Waals surface area (Å²) in [4.78, 5) is 0. The van der Waals surface area contributed by atoms with Gasteiger partial charge in [-0.1, -0.05) is 24.3 Å². The van der Waals surface area contributed by atoms with E-state index in [1.54, 1.807) is 12.1 Å². The number of hydrogen-bond acceptors (Lipinski definition) is 3. The first-order valence-corrected chi connectivity index (χ1v) is 5.35. The maximum absolute atomic E-state index is 8.63. The van der Waals surface area contributed by atoms with Crippen LogP contribution in [-0.2, 0) is 0 Å². The van der Waals surface area contributed by atoms with Gasteiger partial charge < -0.3 is 10.4 Å². The number of nitrogens with zero attached hydrogens (tertiary/aromatic N) is 1. The Kier molecular flexibility index (Phi) is 5.94. The monoisotopic (exact) mass is 216 g/mol. The van der Waals surface area contributed by atoms with Crippen molar-refractivity contribution in [1.82, 2.24) is 5.32 Å². The Balaban J connectivity index is 2.30. The number of rotatable bonds is 6. The molecule has 0 fully saturated rings. The quantitative estimate of drug-likeness (QED) is 0.709. The third-order valence-corrected chi connectivity index (χ3v) is 2.12. The molecule has 0 atom stereocenters. The predicted octanol–water partition coefficient (Wildman–Crippen LogP) is 1.54. The Hall–Kier alpha value is -1.63. The molecule has 0 aliphatic heterocycles. The molecule has 0 saturated carbocycles. The molecule has 0 amide bonds. The molecular weight excluding hydrogens is 200 g/mol. The van der Waals surface area contributed by atoms with Crippen molar-refractivity contribution < 1.29 is 5.11 Å². The van der Waals surface area contributed by atoms with E-state index in [1.165, 1.54) is 0 Å². The third-order valence-electron chi connectivity index (χ3n) is 2.12. The molecule has 0 unspecified atom stereocenters. The molecule has 1 aromatic rings. The van der Waals surface area contributed by atoms with Crippen molar-refractivity contribution in [2.45, 2.75) is 6.42 Å². The molecule has 0 aliphatic carbocycles. The van der Waals surface area contributed by atoms with E-state index >= 15 is 0 Å². The molecule has 0 aliphatic rings. The van der Waals surface area contributed by atoms with Gasteiger partial charge in [-0.15, -0.1) is 0 Å². The molecule has 0 saturated heterocycles. The number of nitrogens with one attached hydrogen (secondary N) is 1. The average Bonchev–Trinajstić information content (AvgIpc) is 2.34. The summed E-state index contributed by atoms with van der Waals surface area (Å²) in [6.45, 7) is 1.85. The zero-order valence-electron chi connectivity index (χ0n) is 9.19. The fraction of sp³-hybridized carbons (Fsp3) is 0.308. The van der Waals surface area contributed by atoms with E-state index in [2.05, 4.69) is 11.4 Å². The smallest absolute Gasteiger partial charge is 0.0991 e. The van der Waals surface area contributed by atoms with Crippen molar-refractivity contribution in [3.05, 3.63) is 41.5 Å². The summed E-state index contributed by atoms with van der Waals surface area (Å²) in [5.74, 6) is 0. The zero-order chi connectivity index (χ0) is 11.6. The highest BCUT2D eigenvalue weighted by Gasteiger charge is 1.89. The van der Waals surface area contributed by atoms with Crippen LogP contribution in [0, 0.1) is 11.3 Å². The van der Waals surface area contributed by atoms with Gasteiger partial charge in [0.15, 0.2) is 0 Å². The van der Waals surface area contributed by atoms with Crippen LogP contribution >= 0.6 is 0 Å². The van der Waals surface area contributed by atoms with Crippen LogP contribution in [0.15, 0.2) is 30.3 Å². The molecule has 1 rings (SSSR count). The molecule has 0 aromatic heterocycles. The fourth-order valence-electron chi connectivity index (χ4n) is 1.25. The lowest BCUT2D eigenvalue weighted by Crippen LogP contribution is -2.15. The SMILES string of the molecule is N#Cc1ccc(/C=C/CNCCCO)cc1. The van der Waals surface area contributed by atoms with Crippen LogP contribution in [0.1, 0.15) is 17.5 Å². The third kappa shape index (κ3) is 4.74. The van der Waals surface area contributed by atoms with Gasteiger partial charge in [-0.2, -0.15) is 5.26 Å². The maximum atomic E-state index is 8.63. The normalized spacial score (nSPS) is 10.5. The Morgan fingerprint density at radius 2 is 2.06 bits per heavy atom. The van der Waals surface area contributed by atoms with Crippen LogP contribution in [0.5, 0.6) is 0 Å². The first kappa shape index (κ1) is 12.4. The van der Waals surface area contributed by atoms with Gasteiger partial charge in [0, 0.05) is 13.2 Å². The standard InChI is InChI=1S/C13H16N2O/c14-11-13-6-4-12(5-7-13)3-1-8-15-9-2-10-16/h1,3-7,15-16H,2,8-10H2/b3-1+. The van der Waals surface area contributed by atoms with Crippen LogP contribution in [0.2, 0.25) is 0 Å². The van der Waals surface area contributed by atoms with Gasteiger partial charge in [0.25, 0.3) is 0 Å². The number of nitriles is 1. The molecule has 0 bridgehead atoms. The maximum Gasteiger partial charge on any atom is 0.0991 e. The molecule has 3 heteroatoms. The summed E-state index contributed by atoms with van der Waals surface area (Å²) in [6, 6.07) is 9.53. The Labute approximate surface area is 96.0 Å². The number of hydrogen-bond donors (Lipinski definition) is 2. The summed E-state index contributed by atoms with van der Waals surface area (Å²) in [5.41, 5.74) is 1.76. The molecule has 0 heterocycles. The van der Waals surface area contributed by atoms with Gasteiger partial charge in [-0.05, 0) is 30.7 Å². The summed E-state index contributed by atoms with van der Waals surface area (Å²) in [6.07, 6.45) is 4.82. The van der Waals surface area contributed by atoms with E-state index in [9.17, 15) is 0 Å². The lowest BCUT2D eigenvalue weighted by Gasteiger charge is -1.98. The van der Waals surface area contributed by atoms with Crippen LogP contribution in [0.4, 0.5) is 0 Å². The lowest BCUT2D eigenvalue weighted by atomic mass is 10.1. The van der Waals surface area contributed by atoms with E-state index in [4.69, 9.17) is 10.4 Å². The minimum atomic E-state index is 0.229. The summed E-state index contributed by atoms with van der Waals surface area (Å²) in [5, 5.41) is 20.4. The van der Waals surface area contributed by atoms with Gasteiger partial charge in [-0.3, -0.25) is 0 Å². The largest absolute Gasteiger partial charge is 0.396 e.